The maximum atomic E-state index is 13.1. The normalized spacial score (nSPS) is 12.2. The van der Waals surface area contributed by atoms with Crippen LogP contribution in [0.25, 0.3) is 5.69 Å². The molecule has 0 spiro atoms. The van der Waals surface area contributed by atoms with Gasteiger partial charge >= 0.3 is 4.71 Å². The number of hydrogen-bond donors (Lipinski definition) is 0. The lowest BCUT2D eigenvalue weighted by Crippen LogP contribution is -2.22. The summed E-state index contributed by atoms with van der Waals surface area (Å²) >= 11 is 22.3. The van der Waals surface area contributed by atoms with E-state index in [1.807, 2.05) is 0 Å². The second kappa shape index (κ2) is 6.11. The average molecular weight is 420 g/mol. The fraction of sp³-hybridized carbons (Fsp3) is 0.0833. The molecular formula is C12H4Cl4F2N2O2S. The molecule has 2 aromatic rings. The standard InChI is InChI=1S/C12H4Cl4F2N2O2S/c13-7-1-8(14)11(9(15)2-7)20-4-6(3-19)10(5-20)23(21,22)12(16,17)18/h1-2,4-5H. The Balaban J connectivity index is 2.75. The van der Waals surface area contributed by atoms with E-state index in [9.17, 15) is 17.2 Å². The number of nitriles is 1. The lowest BCUT2D eigenvalue weighted by Gasteiger charge is -2.09. The number of aromatic nitrogens is 1. The molecule has 0 saturated carbocycles. The Labute approximate surface area is 149 Å². The van der Waals surface area contributed by atoms with Gasteiger partial charge in [-0.15, -0.1) is 0 Å². The zero-order valence-corrected chi connectivity index (χ0v) is 14.5. The van der Waals surface area contributed by atoms with E-state index in [4.69, 9.17) is 40.1 Å². The minimum Gasteiger partial charge on any atom is -0.318 e. The van der Waals surface area contributed by atoms with Crippen LogP contribution >= 0.6 is 46.4 Å². The number of halogens is 6. The highest BCUT2D eigenvalue weighted by molar-refractivity contribution is 7.93. The molecule has 1 aromatic heterocycles. The van der Waals surface area contributed by atoms with Gasteiger partial charge in [0.2, 0.25) is 0 Å². The molecular weight excluding hydrogens is 416 g/mol. The van der Waals surface area contributed by atoms with Crippen LogP contribution in [0.4, 0.5) is 8.78 Å². The minimum absolute atomic E-state index is 0.0311. The van der Waals surface area contributed by atoms with E-state index in [0.29, 0.717) is 0 Å². The number of rotatable bonds is 3. The van der Waals surface area contributed by atoms with E-state index in [-0.39, 0.29) is 20.8 Å². The van der Waals surface area contributed by atoms with Crippen LogP contribution in [0, 0.1) is 11.3 Å². The molecule has 0 aliphatic heterocycles. The van der Waals surface area contributed by atoms with Gasteiger partial charge in [-0.05, 0) is 23.7 Å². The van der Waals surface area contributed by atoms with Gasteiger partial charge in [0, 0.05) is 17.4 Å². The largest absolute Gasteiger partial charge is 0.427 e. The maximum Gasteiger partial charge on any atom is 0.427 e. The van der Waals surface area contributed by atoms with Crippen molar-refractivity contribution in [2.24, 2.45) is 0 Å². The Hall–Kier alpha value is -1.04. The van der Waals surface area contributed by atoms with Crippen molar-refractivity contribution >= 4 is 56.2 Å². The first kappa shape index (κ1) is 18.3. The summed E-state index contributed by atoms with van der Waals surface area (Å²) in [5, 5.41) is 9.27. The summed E-state index contributed by atoms with van der Waals surface area (Å²) in [6, 6.07) is 4.15. The van der Waals surface area contributed by atoms with Gasteiger partial charge in [-0.25, -0.2) is 8.42 Å². The first-order valence-electron chi connectivity index (χ1n) is 5.57. The van der Waals surface area contributed by atoms with E-state index < -0.39 is 25.0 Å². The first-order valence-corrected chi connectivity index (χ1v) is 8.57. The van der Waals surface area contributed by atoms with Crippen LogP contribution in [-0.2, 0) is 9.84 Å². The molecule has 122 valence electrons. The van der Waals surface area contributed by atoms with Gasteiger partial charge in [-0.3, -0.25) is 0 Å². The van der Waals surface area contributed by atoms with Gasteiger partial charge in [0.25, 0.3) is 9.84 Å². The molecule has 0 N–H and O–H groups in total. The van der Waals surface area contributed by atoms with E-state index in [1.54, 1.807) is 0 Å². The summed E-state index contributed by atoms with van der Waals surface area (Å²) in [6.07, 6.45) is 1.78. The molecule has 1 aromatic carbocycles. The second-order valence-electron chi connectivity index (χ2n) is 4.22. The summed E-state index contributed by atoms with van der Waals surface area (Å²) in [7, 11) is -5.26. The third-order valence-electron chi connectivity index (χ3n) is 2.74. The van der Waals surface area contributed by atoms with E-state index in [0.717, 1.165) is 17.0 Å². The SMILES string of the molecule is N#Cc1cn(-c2c(Cl)cc(Cl)cc2Cl)cc1S(=O)(=O)C(F)(F)Cl. The Morgan fingerprint density at radius 2 is 1.65 bits per heavy atom. The Morgan fingerprint density at radius 1 is 1.13 bits per heavy atom. The third kappa shape index (κ3) is 3.28. The minimum atomic E-state index is -5.26. The summed E-state index contributed by atoms with van der Waals surface area (Å²) in [5.74, 6) is 0. The highest BCUT2D eigenvalue weighted by atomic mass is 35.5. The molecule has 0 aliphatic carbocycles. The lowest BCUT2D eigenvalue weighted by atomic mass is 10.3. The maximum absolute atomic E-state index is 13.1. The molecule has 4 nitrogen and oxygen atoms in total. The van der Waals surface area contributed by atoms with Crippen LogP contribution in [0.1, 0.15) is 5.56 Å². The lowest BCUT2D eigenvalue weighted by molar-refractivity contribution is 0.187. The predicted octanol–water partition coefficient (Wildman–Crippen LogP) is 4.87. The summed E-state index contributed by atoms with van der Waals surface area (Å²) in [5.41, 5.74) is -0.457. The third-order valence-corrected chi connectivity index (χ3v) is 5.66. The number of alkyl halides is 3. The number of nitrogens with zero attached hydrogens (tertiary/aromatic N) is 2. The highest BCUT2D eigenvalue weighted by Gasteiger charge is 2.46. The van der Waals surface area contributed by atoms with E-state index in [2.05, 4.69) is 11.6 Å². The number of sulfone groups is 1. The molecule has 0 bridgehead atoms. The van der Waals surface area contributed by atoms with Crippen LogP contribution in [0.2, 0.25) is 15.1 Å². The quantitative estimate of drug-likeness (QED) is 0.666. The number of benzene rings is 1. The van der Waals surface area contributed by atoms with Gasteiger partial charge in [-0.2, -0.15) is 14.0 Å². The molecule has 0 unspecified atom stereocenters. The fourth-order valence-electron chi connectivity index (χ4n) is 1.77. The Bertz CT molecular complexity index is 907. The molecule has 0 saturated heterocycles. The zero-order valence-electron chi connectivity index (χ0n) is 10.7. The average Bonchev–Trinajstić information content (AvgIpc) is 2.80. The number of hydrogen-bond acceptors (Lipinski definition) is 3. The van der Waals surface area contributed by atoms with Crippen molar-refractivity contribution in [2.45, 2.75) is 9.61 Å². The van der Waals surface area contributed by atoms with Gasteiger partial charge in [0.1, 0.15) is 11.0 Å². The van der Waals surface area contributed by atoms with Crippen LogP contribution in [0.5, 0.6) is 0 Å². The zero-order chi connectivity index (χ0) is 17.6. The Kier molecular flexibility index (Phi) is 4.86. The molecule has 1 heterocycles. The first-order chi connectivity index (χ1) is 10.5. The van der Waals surface area contributed by atoms with Gasteiger partial charge < -0.3 is 4.57 Å². The van der Waals surface area contributed by atoms with Crippen molar-refractivity contribution in [3.8, 4) is 11.8 Å². The van der Waals surface area contributed by atoms with E-state index in [1.165, 1.54) is 18.2 Å². The van der Waals surface area contributed by atoms with Gasteiger partial charge in [-0.1, -0.05) is 34.8 Å². The monoisotopic (exact) mass is 418 g/mol. The van der Waals surface area contributed by atoms with Crippen molar-refractivity contribution in [2.75, 3.05) is 0 Å². The van der Waals surface area contributed by atoms with Crippen molar-refractivity contribution < 1.29 is 17.2 Å². The summed E-state index contributed by atoms with van der Waals surface area (Å²) in [6.45, 7) is 0. The molecule has 0 atom stereocenters. The molecule has 23 heavy (non-hydrogen) atoms. The topological polar surface area (TPSA) is 62.9 Å². The summed E-state index contributed by atoms with van der Waals surface area (Å²) < 4.78 is 46.2. The van der Waals surface area contributed by atoms with Crippen LogP contribution in [0.15, 0.2) is 29.4 Å². The van der Waals surface area contributed by atoms with Crippen molar-refractivity contribution in [1.82, 2.24) is 4.57 Å². The van der Waals surface area contributed by atoms with Crippen LogP contribution in [0.3, 0.4) is 0 Å². The van der Waals surface area contributed by atoms with Gasteiger partial charge in [0.15, 0.2) is 0 Å². The summed E-state index contributed by atoms with van der Waals surface area (Å²) in [4.78, 5) is -0.943. The Morgan fingerprint density at radius 3 is 2.09 bits per heavy atom. The fourth-order valence-corrected chi connectivity index (χ4v) is 3.92. The van der Waals surface area contributed by atoms with Crippen LogP contribution < -0.4 is 0 Å². The smallest absolute Gasteiger partial charge is 0.318 e. The van der Waals surface area contributed by atoms with Crippen LogP contribution in [-0.4, -0.2) is 17.7 Å². The highest BCUT2D eigenvalue weighted by Crippen LogP contribution is 2.37. The van der Waals surface area contributed by atoms with Crippen molar-refractivity contribution in [1.29, 1.82) is 5.26 Å². The van der Waals surface area contributed by atoms with E-state index >= 15 is 0 Å². The molecule has 0 amide bonds. The van der Waals surface area contributed by atoms with Crippen molar-refractivity contribution in [3.63, 3.8) is 0 Å². The molecule has 11 heteroatoms. The van der Waals surface area contributed by atoms with Gasteiger partial charge in [0.05, 0.1) is 21.3 Å². The molecule has 0 fully saturated rings. The molecule has 0 radical (unpaired) electrons. The predicted molar refractivity (Wildman–Crippen MR) is 83.5 cm³/mol. The molecule has 0 aliphatic rings. The van der Waals surface area contributed by atoms with Crippen molar-refractivity contribution in [3.05, 3.63) is 45.2 Å². The molecule has 2 rings (SSSR count). The second-order valence-corrected chi connectivity index (χ2v) is 8.13.